The standard InChI is InChI=1S/C14H19N5O2.HI/c1-19-7-6-16-14(19)18-8-10-2-4-11(5-3-10)13(21)17-9-12(15)20;/h2-5H,6-9H2,1H3,(H2,15,20)(H,16,18)(H,17,21);1H. The van der Waals surface area contributed by atoms with Gasteiger partial charge in [0.05, 0.1) is 13.1 Å². The second kappa shape index (κ2) is 8.57. The number of likely N-dealkylation sites (N-methyl/N-ethyl adjacent to an activating group) is 1. The number of primary amides is 1. The molecule has 0 bridgehead atoms. The number of nitrogens with zero attached hydrogens (tertiary/aromatic N) is 2. The van der Waals surface area contributed by atoms with Crippen molar-refractivity contribution in [1.29, 1.82) is 0 Å². The van der Waals surface area contributed by atoms with Gasteiger partial charge in [-0.3, -0.25) is 14.6 Å². The number of benzene rings is 1. The molecule has 2 amide bonds. The van der Waals surface area contributed by atoms with Crippen LogP contribution in [0.3, 0.4) is 0 Å². The average molecular weight is 417 g/mol. The van der Waals surface area contributed by atoms with Gasteiger partial charge in [-0.25, -0.2) is 0 Å². The maximum Gasteiger partial charge on any atom is 0.251 e. The zero-order valence-corrected chi connectivity index (χ0v) is 14.7. The molecule has 0 aromatic heterocycles. The van der Waals surface area contributed by atoms with Crippen LogP contribution in [0.15, 0.2) is 29.3 Å². The lowest BCUT2D eigenvalue weighted by molar-refractivity contribution is -0.117. The first-order valence-electron chi connectivity index (χ1n) is 6.71. The number of carbonyl (C=O) groups excluding carboxylic acids is 2. The molecule has 7 nitrogen and oxygen atoms in total. The zero-order chi connectivity index (χ0) is 15.2. The van der Waals surface area contributed by atoms with Crippen LogP contribution in [0, 0.1) is 0 Å². The third kappa shape index (κ3) is 5.17. The van der Waals surface area contributed by atoms with E-state index in [9.17, 15) is 9.59 Å². The summed E-state index contributed by atoms with van der Waals surface area (Å²) >= 11 is 0. The van der Waals surface area contributed by atoms with Crippen molar-refractivity contribution in [2.24, 2.45) is 10.7 Å². The van der Waals surface area contributed by atoms with Gasteiger partial charge in [0, 0.05) is 25.7 Å². The molecule has 1 aliphatic heterocycles. The van der Waals surface area contributed by atoms with Crippen LogP contribution in [0.5, 0.6) is 0 Å². The van der Waals surface area contributed by atoms with Crippen LogP contribution < -0.4 is 16.4 Å². The number of hydrogen-bond donors (Lipinski definition) is 3. The van der Waals surface area contributed by atoms with Crippen LogP contribution in [-0.4, -0.2) is 49.4 Å². The van der Waals surface area contributed by atoms with E-state index in [0.717, 1.165) is 24.6 Å². The van der Waals surface area contributed by atoms with Crippen molar-refractivity contribution in [3.63, 3.8) is 0 Å². The second-order valence-electron chi connectivity index (χ2n) is 4.83. The topological polar surface area (TPSA) is 99.8 Å². The van der Waals surface area contributed by atoms with Crippen LogP contribution >= 0.6 is 24.0 Å². The van der Waals surface area contributed by atoms with Crippen molar-refractivity contribution in [1.82, 2.24) is 15.5 Å². The molecule has 0 saturated heterocycles. The summed E-state index contributed by atoms with van der Waals surface area (Å²) in [7, 11) is 1.99. The summed E-state index contributed by atoms with van der Waals surface area (Å²) < 4.78 is 0. The van der Waals surface area contributed by atoms with Crippen LogP contribution in [0.25, 0.3) is 0 Å². The molecule has 2 rings (SSSR count). The lowest BCUT2D eigenvalue weighted by Gasteiger charge is -2.15. The molecular formula is C14H20IN5O2. The minimum Gasteiger partial charge on any atom is -0.368 e. The zero-order valence-electron chi connectivity index (χ0n) is 12.3. The van der Waals surface area contributed by atoms with Crippen molar-refractivity contribution in [3.8, 4) is 0 Å². The van der Waals surface area contributed by atoms with Crippen molar-refractivity contribution < 1.29 is 9.59 Å². The fraction of sp³-hybridized carbons (Fsp3) is 0.357. The number of rotatable bonds is 5. The van der Waals surface area contributed by atoms with Crippen LogP contribution in [0.1, 0.15) is 15.9 Å². The molecule has 1 aliphatic rings. The van der Waals surface area contributed by atoms with Crippen molar-refractivity contribution in [2.45, 2.75) is 6.54 Å². The Labute approximate surface area is 146 Å². The van der Waals surface area contributed by atoms with E-state index in [4.69, 9.17) is 5.73 Å². The Bertz CT molecular complexity index is 559. The average Bonchev–Trinajstić information content (AvgIpc) is 2.88. The van der Waals surface area contributed by atoms with Gasteiger partial charge in [0.2, 0.25) is 5.91 Å². The molecule has 4 N–H and O–H groups in total. The molecular weight excluding hydrogens is 397 g/mol. The third-order valence-corrected chi connectivity index (χ3v) is 3.15. The van der Waals surface area contributed by atoms with Gasteiger partial charge >= 0.3 is 0 Å². The summed E-state index contributed by atoms with van der Waals surface area (Å²) in [5, 5.41) is 5.70. The number of carbonyl (C=O) groups is 2. The van der Waals surface area contributed by atoms with Gasteiger partial charge in [-0.05, 0) is 17.7 Å². The Morgan fingerprint density at radius 1 is 1.32 bits per heavy atom. The first-order valence-corrected chi connectivity index (χ1v) is 6.71. The molecule has 8 heteroatoms. The quantitative estimate of drug-likeness (QED) is 0.584. The van der Waals surface area contributed by atoms with E-state index < -0.39 is 5.91 Å². The van der Waals surface area contributed by atoms with Crippen LogP contribution in [0.2, 0.25) is 0 Å². The van der Waals surface area contributed by atoms with Gasteiger partial charge in [0.15, 0.2) is 5.96 Å². The van der Waals surface area contributed by atoms with Crippen molar-refractivity contribution >= 4 is 41.8 Å². The van der Waals surface area contributed by atoms with Crippen LogP contribution in [0.4, 0.5) is 0 Å². The maximum absolute atomic E-state index is 11.7. The highest BCUT2D eigenvalue weighted by Gasteiger charge is 2.11. The number of amides is 2. The molecule has 1 aromatic carbocycles. The summed E-state index contributed by atoms with van der Waals surface area (Å²) in [6.07, 6.45) is 0. The number of guanidine groups is 1. The number of halogens is 1. The molecule has 1 aromatic rings. The van der Waals surface area contributed by atoms with Crippen molar-refractivity contribution in [3.05, 3.63) is 35.4 Å². The van der Waals surface area contributed by atoms with Gasteiger partial charge in [-0.2, -0.15) is 0 Å². The summed E-state index contributed by atoms with van der Waals surface area (Å²) in [5.41, 5.74) is 6.52. The Kier molecular flexibility index (Phi) is 7.09. The first-order chi connectivity index (χ1) is 10.1. The predicted molar refractivity (Wildman–Crippen MR) is 95.2 cm³/mol. The Balaban J connectivity index is 0.00000242. The van der Waals surface area contributed by atoms with Gasteiger partial charge in [-0.1, -0.05) is 12.1 Å². The van der Waals surface area contributed by atoms with E-state index >= 15 is 0 Å². The molecule has 1 heterocycles. The normalized spacial score (nSPS) is 13.1. The molecule has 120 valence electrons. The van der Waals surface area contributed by atoms with Gasteiger partial charge in [-0.15, -0.1) is 24.0 Å². The highest BCUT2D eigenvalue weighted by molar-refractivity contribution is 14.0. The number of hydrogen-bond acceptors (Lipinski definition) is 5. The number of nitrogens with one attached hydrogen (secondary N) is 2. The Morgan fingerprint density at radius 2 is 2.00 bits per heavy atom. The fourth-order valence-corrected chi connectivity index (χ4v) is 1.95. The summed E-state index contributed by atoms with van der Waals surface area (Å²) in [4.78, 5) is 28.7. The largest absolute Gasteiger partial charge is 0.368 e. The molecule has 22 heavy (non-hydrogen) atoms. The number of nitrogens with two attached hydrogens (primary N) is 1. The van der Waals surface area contributed by atoms with E-state index in [0.29, 0.717) is 12.1 Å². The van der Waals surface area contributed by atoms with Crippen LogP contribution in [-0.2, 0) is 11.3 Å². The summed E-state index contributed by atoms with van der Waals surface area (Å²) in [6, 6.07) is 7.16. The van der Waals surface area contributed by atoms with Gasteiger partial charge in [0.1, 0.15) is 0 Å². The maximum atomic E-state index is 11.7. The molecule has 0 atom stereocenters. The van der Waals surface area contributed by atoms with E-state index in [1.165, 1.54) is 0 Å². The second-order valence-corrected chi connectivity index (χ2v) is 4.83. The summed E-state index contributed by atoms with van der Waals surface area (Å²) in [6.45, 7) is 2.24. The molecule has 0 unspecified atom stereocenters. The molecule has 0 saturated carbocycles. The third-order valence-electron chi connectivity index (χ3n) is 3.15. The molecule has 0 fully saturated rings. The summed E-state index contributed by atoms with van der Waals surface area (Å²) in [5.74, 6) is 0.0112. The molecule has 0 radical (unpaired) electrons. The van der Waals surface area contributed by atoms with Gasteiger partial charge in [0.25, 0.3) is 5.91 Å². The lowest BCUT2D eigenvalue weighted by atomic mass is 10.1. The predicted octanol–water partition coefficient (Wildman–Crippen LogP) is -0.0893. The molecule has 0 spiro atoms. The SMILES string of the molecule is CN1CCN=C1NCc1ccc(C(=O)NCC(N)=O)cc1.I. The lowest BCUT2D eigenvalue weighted by Crippen LogP contribution is -2.35. The monoisotopic (exact) mass is 417 g/mol. The molecule has 0 aliphatic carbocycles. The van der Waals surface area contributed by atoms with E-state index in [-0.39, 0.29) is 36.4 Å². The fourth-order valence-electron chi connectivity index (χ4n) is 1.95. The van der Waals surface area contributed by atoms with E-state index in [1.807, 2.05) is 19.2 Å². The minimum absolute atomic E-state index is 0. The van der Waals surface area contributed by atoms with Crippen molar-refractivity contribution in [2.75, 3.05) is 26.7 Å². The van der Waals surface area contributed by atoms with Gasteiger partial charge < -0.3 is 21.3 Å². The highest BCUT2D eigenvalue weighted by Crippen LogP contribution is 2.05. The number of aliphatic imine (C=N–C) groups is 1. The highest BCUT2D eigenvalue weighted by atomic mass is 127. The smallest absolute Gasteiger partial charge is 0.251 e. The first kappa shape index (κ1) is 18.2. The van der Waals surface area contributed by atoms with E-state index in [1.54, 1.807) is 12.1 Å². The Hall–Kier alpha value is -1.84. The minimum atomic E-state index is -0.564. The Morgan fingerprint density at radius 3 is 2.55 bits per heavy atom. The van der Waals surface area contributed by atoms with E-state index in [2.05, 4.69) is 20.5 Å².